The lowest BCUT2D eigenvalue weighted by molar-refractivity contribution is 0.00578. The van der Waals surface area contributed by atoms with Crippen LogP contribution in [0.25, 0.3) is 17.3 Å². The van der Waals surface area contributed by atoms with Gasteiger partial charge in [-0.2, -0.15) is 16.4 Å². The largest absolute Gasteiger partial charge is 0.525 e. The van der Waals surface area contributed by atoms with Crippen molar-refractivity contribution >= 4 is 24.5 Å². The van der Waals surface area contributed by atoms with Crippen molar-refractivity contribution in [3.8, 4) is 11.3 Å². The van der Waals surface area contributed by atoms with Gasteiger partial charge in [-0.25, -0.2) is 4.39 Å². The van der Waals surface area contributed by atoms with Gasteiger partial charge in [-0.15, -0.1) is 0 Å². The Morgan fingerprint density at radius 3 is 2.44 bits per heavy atom. The first kappa shape index (κ1) is 18.4. The van der Waals surface area contributed by atoms with Crippen molar-refractivity contribution in [1.29, 1.82) is 0 Å². The van der Waals surface area contributed by atoms with Crippen LogP contribution in [0.15, 0.2) is 22.6 Å². The number of aromatic nitrogens is 2. The Kier molecular flexibility index (Phi) is 4.68. The van der Waals surface area contributed by atoms with Crippen molar-refractivity contribution in [3.63, 3.8) is 0 Å². The van der Waals surface area contributed by atoms with E-state index in [4.69, 9.17) is 9.31 Å². The molecule has 0 aromatic carbocycles. The second-order valence-corrected chi connectivity index (χ2v) is 8.46. The Balaban J connectivity index is 1.99. The number of hydrogen-bond donors (Lipinski definition) is 1. The van der Waals surface area contributed by atoms with Gasteiger partial charge in [0.25, 0.3) is 0 Å². The Morgan fingerprint density at radius 1 is 1.28 bits per heavy atom. The predicted octanol–water partition coefficient (Wildman–Crippen LogP) is 5.20. The third-order valence-corrected chi connectivity index (χ3v) is 5.65. The summed E-state index contributed by atoms with van der Waals surface area (Å²) in [6.45, 7) is 11.7. The van der Waals surface area contributed by atoms with Gasteiger partial charge in [-0.3, -0.25) is 5.10 Å². The predicted molar refractivity (Wildman–Crippen MR) is 101 cm³/mol. The molecule has 4 nitrogen and oxygen atoms in total. The molecule has 3 heterocycles. The SMILES string of the molecule is CC(C)c1[nH]nc(-c2ccsc2)c1C=C(F)B1OC(C)(C)C(C)(C)O1. The first-order chi connectivity index (χ1) is 11.6. The second-order valence-electron chi connectivity index (χ2n) is 7.68. The fourth-order valence-corrected chi connectivity index (χ4v) is 3.37. The molecule has 0 amide bonds. The van der Waals surface area contributed by atoms with Crippen LogP contribution in [-0.2, 0) is 9.31 Å². The summed E-state index contributed by atoms with van der Waals surface area (Å²) in [6.07, 6.45) is 1.49. The van der Waals surface area contributed by atoms with Crippen molar-refractivity contribution in [2.75, 3.05) is 0 Å². The average Bonchev–Trinajstić information content (AvgIpc) is 3.17. The number of aromatic amines is 1. The summed E-state index contributed by atoms with van der Waals surface area (Å²) in [5.41, 5.74) is 1.77. The summed E-state index contributed by atoms with van der Waals surface area (Å²) in [7, 11) is -1.00. The highest BCUT2D eigenvalue weighted by Crippen LogP contribution is 2.40. The third-order valence-electron chi connectivity index (χ3n) is 4.97. The van der Waals surface area contributed by atoms with Gasteiger partial charge in [-0.1, -0.05) is 13.8 Å². The van der Waals surface area contributed by atoms with Crippen LogP contribution in [0.2, 0.25) is 0 Å². The van der Waals surface area contributed by atoms with E-state index >= 15 is 0 Å². The maximum Gasteiger partial charge on any atom is 0.525 e. The number of thiophene rings is 1. The number of nitrogens with one attached hydrogen (secondary N) is 1. The molecule has 0 radical (unpaired) electrons. The van der Waals surface area contributed by atoms with Gasteiger partial charge in [0.05, 0.1) is 11.2 Å². The number of halogens is 1. The monoisotopic (exact) mass is 362 g/mol. The molecule has 0 saturated carbocycles. The molecular formula is C18H24BFN2O2S. The molecule has 3 rings (SSSR count). The number of rotatable bonds is 4. The van der Waals surface area contributed by atoms with Crippen LogP contribution in [0.5, 0.6) is 0 Å². The first-order valence-electron chi connectivity index (χ1n) is 8.46. The van der Waals surface area contributed by atoms with Crippen LogP contribution in [0.1, 0.15) is 58.7 Å². The highest BCUT2D eigenvalue weighted by molar-refractivity contribution is 7.08. The van der Waals surface area contributed by atoms with E-state index in [1.165, 1.54) is 6.08 Å². The highest BCUT2D eigenvalue weighted by Gasteiger charge is 2.53. The van der Waals surface area contributed by atoms with Gasteiger partial charge < -0.3 is 9.31 Å². The van der Waals surface area contributed by atoms with E-state index in [0.717, 1.165) is 22.5 Å². The molecule has 25 heavy (non-hydrogen) atoms. The lowest BCUT2D eigenvalue weighted by atomic mass is 9.86. The second kappa shape index (κ2) is 6.38. The summed E-state index contributed by atoms with van der Waals surface area (Å²) in [5.74, 6) is 0.192. The van der Waals surface area contributed by atoms with Crippen LogP contribution in [-0.4, -0.2) is 28.5 Å². The molecule has 0 atom stereocenters. The van der Waals surface area contributed by atoms with E-state index in [-0.39, 0.29) is 5.92 Å². The van der Waals surface area contributed by atoms with Gasteiger partial charge in [0.1, 0.15) is 11.4 Å². The van der Waals surface area contributed by atoms with Crippen LogP contribution in [0.4, 0.5) is 4.39 Å². The lowest BCUT2D eigenvalue weighted by Gasteiger charge is -2.32. The van der Waals surface area contributed by atoms with E-state index in [1.54, 1.807) is 11.3 Å². The Labute approximate surface area is 152 Å². The molecule has 2 aromatic heterocycles. The van der Waals surface area contributed by atoms with E-state index < -0.39 is 24.0 Å². The van der Waals surface area contributed by atoms with Crippen LogP contribution in [0, 0.1) is 0 Å². The fourth-order valence-electron chi connectivity index (χ4n) is 2.73. The molecule has 0 bridgehead atoms. The number of H-pyrrole nitrogens is 1. The van der Waals surface area contributed by atoms with Crippen LogP contribution < -0.4 is 0 Å². The highest BCUT2D eigenvalue weighted by atomic mass is 32.1. The van der Waals surface area contributed by atoms with Crippen molar-refractivity contribution in [3.05, 3.63) is 33.8 Å². The van der Waals surface area contributed by atoms with Crippen molar-refractivity contribution < 1.29 is 13.7 Å². The van der Waals surface area contributed by atoms with E-state index in [2.05, 4.69) is 24.0 Å². The average molecular weight is 362 g/mol. The maximum absolute atomic E-state index is 15.0. The Hall–Kier alpha value is -1.44. The van der Waals surface area contributed by atoms with Crippen molar-refractivity contribution in [2.24, 2.45) is 0 Å². The van der Waals surface area contributed by atoms with E-state index in [9.17, 15) is 4.39 Å². The minimum absolute atomic E-state index is 0.192. The minimum atomic E-state index is -1.00. The van der Waals surface area contributed by atoms with Gasteiger partial charge >= 0.3 is 7.12 Å². The van der Waals surface area contributed by atoms with Crippen molar-refractivity contribution in [1.82, 2.24) is 10.2 Å². The molecule has 1 aliphatic rings. The molecule has 1 fully saturated rings. The van der Waals surface area contributed by atoms with Gasteiger partial charge in [-0.05, 0) is 51.1 Å². The number of hydrogen-bond acceptors (Lipinski definition) is 4. The molecule has 1 saturated heterocycles. The Bertz CT molecular complexity index is 765. The van der Waals surface area contributed by atoms with E-state index in [0.29, 0.717) is 0 Å². The van der Waals surface area contributed by atoms with Crippen LogP contribution in [0.3, 0.4) is 0 Å². The van der Waals surface area contributed by atoms with Gasteiger partial charge in [0.2, 0.25) is 0 Å². The molecule has 134 valence electrons. The topological polar surface area (TPSA) is 47.1 Å². The molecule has 0 unspecified atom stereocenters. The number of nitrogens with zero attached hydrogens (tertiary/aromatic N) is 1. The summed E-state index contributed by atoms with van der Waals surface area (Å²) in [5, 5.41) is 11.4. The molecular weight excluding hydrogens is 338 g/mol. The molecule has 1 N–H and O–H groups in total. The summed E-state index contributed by atoms with van der Waals surface area (Å²) >= 11 is 1.59. The zero-order valence-electron chi connectivity index (χ0n) is 15.5. The zero-order chi connectivity index (χ0) is 18.4. The molecule has 1 aliphatic heterocycles. The van der Waals surface area contributed by atoms with Crippen LogP contribution >= 0.6 is 11.3 Å². The van der Waals surface area contributed by atoms with Gasteiger partial charge in [0, 0.05) is 22.2 Å². The molecule has 2 aromatic rings. The molecule has 0 aliphatic carbocycles. The standard InChI is InChI=1S/C18H24BFN2O2S/c1-11(2)15-13(16(22-21-15)12-7-8-25-10-12)9-14(20)19-23-17(3,4)18(5,6)24-19/h7-11H,1-6H3,(H,21,22). The quantitative estimate of drug-likeness (QED) is 0.760. The van der Waals surface area contributed by atoms with Gasteiger partial charge in [0.15, 0.2) is 0 Å². The van der Waals surface area contributed by atoms with Crippen molar-refractivity contribution in [2.45, 2.75) is 58.7 Å². The molecule has 7 heteroatoms. The summed E-state index contributed by atoms with van der Waals surface area (Å²) < 4.78 is 26.6. The Morgan fingerprint density at radius 2 is 1.92 bits per heavy atom. The minimum Gasteiger partial charge on any atom is -0.398 e. The molecule has 0 spiro atoms. The summed E-state index contributed by atoms with van der Waals surface area (Å²) in [6, 6.07) is 1.98. The zero-order valence-corrected chi connectivity index (χ0v) is 16.3. The summed E-state index contributed by atoms with van der Waals surface area (Å²) in [4.78, 5) is 0. The maximum atomic E-state index is 15.0. The smallest absolute Gasteiger partial charge is 0.398 e. The fraction of sp³-hybridized carbons (Fsp3) is 0.500. The normalized spacial score (nSPS) is 19.8. The third kappa shape index (κ3) is 3.33. The first-order valence-corrected chi connectivity index (χ1v) is 9.40. The van der Waals surface area contributed by atoms with E-state index in [1.807, 2.05) is 44.5 Å². The lowest BCUT2D eigenvalue weighted by Crippen LogP contribution is -2.41.